The van der Waals surface area contributed by atoms with Crippen molar-refractivity contribution < 1.29 is 4.79 Å². The van der Waals surface area contributed by atoms with E-state index in [0.29, 0.717) is 18.0 Å². The van der Waals surface area contributed by atoms with Gasteiger partial charge in [-0.05, 0) is 41.9 Å². The fraction of sp³-hybridized carbons (Fsp3) is 0.400. The first-order chi connectivity index (χ1) is 17.7. The molecule has 0 saturated carbocycles. The molecule has 5 nitrogen and oxygen atoms in total. The molecule has 2 aromatic carbocycles. The number of hydrogen-bond donors (Lipinski definition) is 1. The minimum Gasteiger partial charge on any atom is -0.315 e. The largest absolute Gasteiger partial charge is 0.315 e. The van der Waals surface area contributed by atoms with Crippen LogP contribution < -0.4 is 5.32 Å². The minimum atomic E-state index is -0.0201. The standard InChI is InChI=1S/C30H34N4OS/c1-2-22-13-14-25-26(20-31)30(36-27(25)19-22)32-28(35)21-33-15-17-34(18-16-33)29(23-9-5-3-6-10-23)24-11-7-4-8-12-24/h3-12,22,29H,2,13-19,21H2,1H3,(H,32,35). The summed E-state index contributed by atoms with van der Waals surface area (Å²) in [6.07, 6.45) is 4.30. The number of piperazine rings is 1. The van der Waals surface area contributed by atoms with Gasteiger partial charge in [0.2, 0.25) is 5.91 Å². The van der Waals surface area contributed by atoms with Crippen LogP contribution in [-0.4, -0.2) is 48.4 Å². The number of nitriles is 1. The third kappa shape index (κ3) is 5.39. The number of anilines is 1. The summed E-state index contributed by atoms with van der Waals surface area (Å²) in [7, 11) is 0. The monoisotopic (exact) mass is 498 g/mol. The lowest BCUT2D eigenvalue weighted by Crippen LogP contribution is -2.49. The number of carbonyl (C=O) groups is 1. The van der Waals surface area contributed by atoms with E-state index in [9.17, 15) is 10.1 Å². The van der Waals surface area contributed by atoms with Crippen molar-refractivity contribution in [2.75, 3.05) is 38.0 Å². The molecule has 1 unspecified atom stereocenters. The number of amides is 1. The Morgan fingerprint density at radius 2 is 1.69 bits per heavy atom. The lowest BCUT2D eigenvalue weighted by atomic mass is 9.86. The molecule has 6 heteroatoms. The molecule has 2 aliphatic rings. The Hall–Kier alpha value is -2.98. The number of fused-ring (bicyclic) bond motifs is 1. The molecule has 1 aromatic heterocycles. The van der Waals surface area contributed by atoms with Gasteiger partial charge in [-0.3, -0.25) is 14.6 Å². The third-order valence-electron chi connectivity index (χ3n) is 7.68. The van der Waals surface area contributed by atoms with E-state index in [1.165, 1.54) is 28.0 Å². The molecule has 0 spiro atoms. The van der Waals surface area contributed by atoms with Crippen LogP contribution in [0.3, 0.4) is 0 Å². The van der Waals surface area contributed by atoms with E-state index in [-0.39, 0.29) is 11.9 Å². The molecule has 1 atom stereocenters. The van der Waals surface area contributed by atoms with E-state index in [1.807, 2.05) is 0 Å². The number of benzene rings is 2. The van der Waals surface area contributed by atoms with Crippen LogP contribution in [-0.2, 0) is 17.6 Å². The molecule has 1 aliphatic carbocycles. The minimum absolute atomic E-state index is 0.0201. The molecule has 1 amide bonds. The third-order valence-corrected chi connectivity index (χ3v) is 8.85. The number of nitrogens with one attached hydrogen (secondary N) is 1. The van der Waals surface area contributed by atoms with Gasteiger partial charge in [-0.1, -0.05) is 74.0 Å². The van der Waals surface area contributed by atoms with Crippen LogP contribution in [0.25, 0.3) is 0 Å². The summed E-state index contributed by atoms with van der Waals surface area (Å²) in [5.74, 6) is 0.673. The highest BCUT2D eigenvalue weighted by molar-refractivity contribution is 7.16. The Balaban J connectivity index is 1.21. The first kappa shape index (κ1) is 24.7. The van der Waals surface area contributed by atoms with E-state index in [2.05, 4.69) is 88.8 Å². The topological polar surface area (TPSA) is 59.4 Å². The van der Waals surface area contributed by atoms with E-state index >= 15 is 0 Å². The SMILES string of the molecule is CCC1CCc2c(sc(NC(=O)CN3CCN(C(c4ccccc4)c4ccccc4)CC3)c2C#N)C1. The van der Waals surface area contributed by atoms with Crippen LogP contribution in [0, 0.1) is 17.2 Å². The summed E-state index contributed by atoms with van der Waals surface area (Å²) >= 11 is 1.61. The fourth-order valence-electron chi connectivity index (χ4n) is 5.64. The lowest BCUT2D eigenvalue weighted by Gasteiger charge is -2.39. The second kappa shape index (κ2) is 11.4. The van der Waals surface area contributed by atoms with Gasteiger partial charge in [0.05, 0.1) is 18.2 Å². The molecule has 1 fully saturated rings. The number of hydrogen-bond acceptors (Lipinski definition) is 5. The summed E-state index contributed by atoms with van der Waals surface area (Å²) in [5, 5.41) is 13.6. The summed E-state index contributed by atoms with van der Waals surface area (Å²) in [5.41, 5.74) is 4.46. The van der Waals surface area contributed by atoms with Crippen LogP contribution in [0.15, 0.2) is 60.7 Å². The molecule has 0 bridgehead atoms. The maximum Gasteiger partial charge on any atom is 0.239 e. The van der Waals surface area contributed by atoms with Crippen molar-refractivity contribution >= 4 is 22.2 Å². The number of thiophene rings is 1. The predicted molar refractivity (Wildman–Crippen MR) is 146 cm³/mol. The molecule has 36 heavy (non-hydrogen) atoms. The molecule has 1 saturated heterocycles. The van der Waals surface area contributed by atoms with Crippen molar-refractivity contribution in [3.05, 3.63) is 87.8 Å². The summed E-state index contributed by atoms with van der Waals surface area (Å²) in [6, 6.07) is 23.9. The first-order valence-corrected chi connectivity index (χ1v) is 13.9. The van der Waals surface area contributed by atoms with Crippen LogP contribution in [0.2, 0.25) is 0 Å². The molecule has 5 rings (SSSR count). The van der Waals surface area contributed by atoms with Crippen molar-refractivity contribution in [1.82, 2.24) is 9.80 Å². The maximum atomic E-state index is 13.0. The highest BCUT2D eigenvalue weighted by Gasteiger charge is 2.28. The van der Waals surface area contributed by atoms with E-state index in [1.54, 1.807) is 11.3 Å². The molecule has 1 N–H and O–H groups in total. The predicted octanol–water partition coefficient (Wildman–Crippen LogP) is 5.48. The summed E-state index contributed by atoms with van der Waals surface area (Å²) < 4.78 is 0. The van der Waals surface area contributed by atoms with Crippen LogP contribution >= 0.6 is 11.3 Å². The zero-order valence-corrected chi connectivity index (χ0v) is 21.8. The maximum absolute atomic E-state index is 13.0. The van der Waals surface area contributed by atoms with Crippen molar-refractivity contribution in [1.29, 1.82) is 5.26 Å². The van der Waals surface area contributed by atoms with E-state index < -0.39 is 0 Å². The average molecular weight is 499 g/mol. The summed E-state index contributed by atoms with van der Waals surface area (Å²) in [6.45, 7) is 6.08. The molecule has 3 aromatic rings. The lowest BCUT2D eigenvalue weighted by molar-refractivity contribution is -0.117. The van der Waals surface area contributed by atoms with Gasteiger partial charge in [0.25, 0.3) is 0 Å². The highest BCUT2D eigenvalue weighted by atomic mass is 32.1. The van der Waals surface area contributed by atoms with Crippen LogP contribution in [0.4, 0.5) is 5.00 Å². The van der Waals surface area contributed by atoms with Crippen LogP contribution in [0.1, 0.15) is 52.9 Å². The molecular formula is C30H34N4OS. The van der Waals surface area contributed by atoms with E-state index in [4.69, 9.17) is 0 Å². The smallest absolute Gasteiger partial charge is 0.239 e. The Morgan fingerprint density at radius 3 is 2.28 bits per heavy atom. The second-order valence-corrected chi connectivity index (χ2v) is 11.0. The molecule has 0 radical (unpaired) electrons. The van der Waals surface area contributed by atoms with Gasteiger partial charge in [0.1, 0.15) is 11.1 Å². The first-order valence-electron chi connectivity index (χ1n) is 13.1. The Morgan fingerprint density at radius 1 is 1.06 bits per heavy atom. The summed E-state index contributed by atoms with van der Waals surface area (Å²) in [4.78, 5) is 19.0. The zero-order chi connectivity index (χ0) is 24.9. The van der Waals surface area contributed by atoms with Gasteiger partial charge in [-0.2, -0.15) is 5.26 Å². The van der Waals surface area contributed by atoms with Crippen molar-refractivity contribution in [3.8, 4) is 6.07 Å². The molecule has 186 valence electrons. The number of carbonyl (C=O) groups excluding carboxylic acids is 1. The van der Waals surface area contributed by atoms with Gasteiger partial charge in [0, 0.05) is 31.1 Å². The van der Waals surface area contributed by atoms with Crippen molar-refractivity contribution in [3.63, 3.8) is 0 Å². The van der Waals surface area contributed by atoms with E-state index in [0.717, 1.165) is 50.4 Å². The van der Waals surface area contributed by atoms with Crippen LogP contribution in [0.5, 0.6) is 0 Å². The van der Waals surface area contributed by atoms with Crippen molar-refractivity contribution in [2.45, 2.75) is 38.6 Å². The zero-order valence-electron chi connectivity index (χ0n) is 21.0. The van der Waals surface area contributed by atoms with Gasteiger partial charge in [0.15, 0.2) is 0 Å². The van der Waals surface area contributed by atoms with Gasteiger partial charge in [-0.25, -0.2) is 0 Å². The Labute approximate surface area is 218 Å². The quantitative estimate of drug-likeness (QED) is 0.469. The van der Waals surface area contributed by atoms with Gasteiger partial charge >= 0.3 is 0 Å². The second-order valence-electron chi connectivity index (χ2n) is 9.92. The van der Waals surface area contributed by atoms with Gasteiger partial charge < -0.3 is 5.32 Å². The molecular weight excluding hydrogens is 464 g/mol. The average Bonchev–Trinajstić information content (AvgIpc) is 3.26. The van der Waals surface area contributed by atoms with Gasteiger partial charge in [-0.15, -0.1) is 11.3 Å². The fourth-order valence-corrected chi connectivity index (χ4v) is 6.97. The molecule has 1 aliphatic heterocycles. The Kier molecular flexibility index (Phi) is 7.81. The number of nitrogens with zero attached hydrogens (tertiary/aromatic N) is 3. The Bertz CT molecular complexity index is 1170. The molecule has 2 heterocycles. The number of rotatable bonds is 7. The normalized spacial score (nSPS) is 18.5. The van der Waals surface area contributed by atoms with Crippen molar-refractivity contribution in [2.24, 2.45) is 5.92 Å². The highest BCUT2D eigenvalue weighted by Crippen LogP contribution is 2.40.